The smallest absolute Gasteiger partial charge is 0.191 e. The van der Waals surface area contributed by atoms with Crippen LogP contribution in [0, 0.1) is 0 Å². The molecule has 0 bridgehead atoms. The van der Waals surface area contributed by atoms with Gasteiger partial charge in [-0.1, -0.05) is 30.3 Å². The molecule has 2 aliphatic heterocycles. The molecule has 7 nitrogen and oxygen atoms in total. The topological polar surface area (TPSA) is 61.4 Å². The molecule has 0 aromatic heterocycles. The fourth-order valence-electron chi connectivity index (χ4n) is 4.02. The lowest BCUT2D eigenvalue weighted by Crippen LogP contribution is -2.57. The summed E-state index contributed by atoms with van der Waals surface area (Å²) >= 11 is 0. The van der Waals surface area contributed by atoms with Crippen LogP contribution in [0.1, 0.15) is 25.5 Å². The lowest BCUT2D eigenvalue weighted by atomic mass is 10.0. The van der Waals surface area contributed by atoms with Gasteiger partial charge in [0.15, 0.2) is 5.96 Å². The number of nitrogens with one attached hydrogen (secondary N) is 2. The highest BCUT2D eigenvalue weighted by atomic mass is 16.5. The quantitative estimate of drug-likeness (QED) is 0.529. The summed E-state index contributed by atoms with van der Waals surface area (Å²) in [4.78, 5) is 9.44. The summed E-state index contributed by atoms with van der Waals surface area (Å²) in [6.07, 6.45) is 0. The predicted molar refractivity (Wildman–Crippen MR) is 117 cm³/mol. The van der Waals surface area contributed by atoms with Gasteiger partial charge in [-0.25, -0.2) is 0 Å². The molecule has 1 aromatic carbocycles. The molecule has 29 heavy (non-hydrogen) atoms. The monoisotopic (exact) mass is 403 g/mol. The van der Waals surface area contributed by atoms with Crippen LogP contribution in [-0.2, 0) is 9.47 Å². The van der Waals surface area contributed by atoms with Gasteiger partial charge < -0.3 is 20.1 Å². The standard InChI is InChI=1S/C22H37N5O2/c1-22(2,27-11-15-29-16-12-27)18-25-21(23-3)24-17-20(19-7-5-4-6-8-19)26-9-13-28-14-10-26/h4-8,20H,9-18H2,1-3H3,(H2,23,24,25). The first-order chi connectivity index (χ1) is 14.1. The van der Waals surface area contributed by atoms with Crippen LogP contribution in [0.25, 0.3) is 0 Å². The van der Waals surface area contributed by atoms with Gasteiger partial charge in [0.05, 0.1) is 32.5 Å². The van der Waals surface area contributed by atoms with E-state index in [0.717, 1.165) is 71.7 Å². The SMILES string of the molecule is CN=C(NCC(c1ccccc1)N1CCOCC1)NCC(C)(C)N1CCOCC1. The minimum Gasteiger partial charge on any atom is -0.379 e. The molecule has 0 spiro atoms. The maximum absolute atomic E-state index is 5.55. The minimum atomic E-state index is 0.0461. The average molecular weight is 404 g/mol. The molecular weight excluding hydrogens is 366 g/mol. The number of morpholine rings is 2. The van der Waals surface area contributed by atoms with E-state index in [1.54, 1.807) is 0 Å². The highest BCUT2D eigenvalue weighted by molar-refractivity contribution is 5.79. The molecule has 162 valence electrons. The van der Waals surface area contributed by atoms with E-state index in [0.29, 0.717) is 6.04 Å². The molecule has 0 aliphatic carbocycles. The van der Waals surface area contributed by atoms with Crippen molar-refractivity contribution < 1.29 is 9.47 Å². The van der Waals surface area contributed by atoms with Crippen LogP contribution in [0.4, 0.5) is 0 Å². The van der Waals surface area contributed by atoms with Crippen LogP contribution in [0.2, 0.25) is 0 Å². The maximum atomic E-state index is 5.55. The molecule has 0 saturated carbocycles. The summed E-state index contributed by atoms with van der Waals surface area (Å²) in [6.45, 7) is 13.3. The van der Waals surface area contributed by atoms with Crippen molar-refractivity contribution in [2.75, 3.05) is 72.7 Å². The Kier molecular flexibility index (Phi) is 8.29. The van der Waals surface area contributed by atoms with E-state index in [9.17, 15) is 0 Å². The summed E-state index contributed by atoms with van der Waals surface area (Å²) in [7, 11) is 1.84. The van der Waals surface area contributed by atoms with Crippen LogP contribution in [0.15, 0.2) is 35.3 Å². The Morgan fingerprint density at radius 1 is 1.00 bits per heavy atom. The van der Waals surface area contributed by atoms with Crippen molar-refractivity contribution in [1.82, 2.24) is 20.4 Å². The zero-order chi connectivity index (χ0) is 20.5. The number of aliphatic imine (C=N–C) groups is 1. The largest absolute Gasteiger partial charge is 0.379 e. The van der Waals surface area contributed by atoms with Crippen molar-refractivity contribution in [2.24, 2.45) is 4.99 Å². The number of hydrogen-bond acceptors (Lipinski definition) is 5. The van der Waals surface area contributed by atoms with Crippen molar-refractivity contribution >= 4 is 5.96 Å². The van der Waals surface area contributed by atoms with E-state index in [2.05, 4.69) is 69.6 Å². The highest BCUT2D eigenvalue weighted by Crippen LogP contribution is 2.21. The second-order valence-corrected chi connectivity index (χ2v) is 8.29. The summed E-state index contributed by atoms with van der Waals surface area (Å²) in [6, 6.07) is 11.0. The minimum absolute atomic E-state index is 0.0461. The Bertz CT molecular complexity index is 625. The fraction of sp³-hybridized carbons (Fsp3) is 0.682. The third-order valence-electron chi connectivity index (χ3n) is 5.91. The highest BCUT2D eigenvalue weighted by Gasteiger charge is 2.28. The first-order valence-corrected chi connectivity index (χ1v) is 10.7. The maximum Gasteiger partial charge on any atom is 0.191 e. The second kappa shape index (κ2) is 10.9. The lowest BCUT2D eigenvalue weighted by molar-refractivity contribution is -0.00836. The Labute approximate surface area is 175 Å². The predicted octanol–water partition coefficient (Wildman–Crippen LogP) is 1.34. The molecule has 3 rings (SSSR count). The van der Waals surface area contributed by atoms with Crippen LogP contribution >= 0.6 is 0 Å². The molecule has 0 amide bonds. The van der Waals surface area contributed by atoms with E-state index in [1.807, 2.05) is 7.05 Å². The summed E-state index contributed by atoms with van der Waals surface area (Å²) in [5.41, 5.74) is 1.37. The first-order valence-electron chi connectivity index (χ1n) is 10.7. The Hall–Kier alpha value is -1.67. The number of guanidine groups is 1. The lowest BCUT2D eigenvalue weighted by Gasteiger charge is -2.41. The summed E-state index contributed by atoms with van der Waals surface area (Å²) in [5.74, 6) is 0.848. The van der Waals surface area contributed by atoms with E-state index in [-0.39, 0.29) is 5.54 Å². The van der Waals surface area contributed by atoms with Crippen molar-refractivity contribution in [3.63, 3.8) is 0 Å². The summed E-state index contributed by atoms with van der Waals surface area (Å²) in [5, 5.41) is 7.08. The number of ether oxygens (including phenoxy) is 2. The molecule has 2 N–H and O–H groups in total. The molecule has 7 heteroatoms. The Morgan fingerprint density at radius 2 is 1.62 bits per heavy atom. The van der Waals surface area contributed by atoms with E-state index < -0.39 is 0 Å². The van der Waals surface area contributed by atoms with Gasteiger partial charge in [-0.15, -0.1) is 0 Å². The van der Waals surface area contributed by atoms with Gasteiger partial charge >= 0.3 is 0 Å². The normalized spacial score (nSPS) is 21.0. The third kappa shape index (κ3) is 6.40. The average Bonchev–Trinajstić information content (AvgIpc) is 2.78. The van der Waals surface area contributed by atoms with Crippen molar-refractivity contribution in [3.05, 3.63) is 35.9 Å². The molecule has 1 aromatic rings. The first kappa shape index (κ1) is 22.0. The van der Waals surface area contributed by atoms with Gasteiger partial charge in [-0.3, -0.25) is 14.8 Å². The number of rotatable bonds is 7. The van der Waals surface area contributed by atoms with Crippen molar-refractivity contribution in [1.29, 1.82) is 0 Å². The van der Waals surface area contributed by atoms with Gasteiger partial charge in [0.2, 0.25) is 0 Å². The zero-order valence-corrected chi connectivity index (χ0v) is 18.2. The van der Waals surface area contributed by atoms with E-state index >= 15 is 0 Å². The van der Waals surface area contributed by atoms with E-state index in [4.69, 9.17) is 9.47 Å². The van der Waals surface area contributed by atoms with Crippen molar-refractivity contribution in [3.8, 4) is 0 Å². The van der Waals surface area contributed by atoms with Crippen molar-refractivity contribution in [2.45, 2.75) is 25.4 Å². The number of hydrogen-bond donors (Lipinski definition) is 2. The zero-order valence-electron chi connectivity index (χ0n) is 18.2. The number of nitrogens with zero attached hydrogens (tertiary/aromatic N) is 3. The molecule has 1 atom stereocenters. The van der Waals surface area contributed by atoms with Gasteiger partial charge in [-0.05, 0) is 19.4 Å². The van der Waals surface area contributed by atoms with Gasteiger partial charge in [0, 0.05) is 51.9 Å². The Morgan fingerprint density at radius 3 is 2.24 bits per heavy atom. The van der Waals surface area contributed by atoms with Crippen LogP contribution in [0.5, 0.6) is 0 Å². The van der Waals surface area contributed by atoms with Crippen LogP contribution in [0.3, 0.4) is 0 Å². The molecule has 1 unspecified atom stereocenters. The molecule has 2 heterocycles. The summed E-state index contributed by atoms with van der Waals surface area (Å²) < 4.78 is 11.0. The second-order valence-electron chi connectivity index (χ2n) is 8.29. The van der Waals surface area contributed by atoms with Crippen LogP contribution in [-0.4, -0.2) is 94.0 Å². The molecular formula is C22H37N5O2. The third-order valence-corrected chi connectivity index (χ3v) is 5.91. The molecule has 2 aliphatic rings. The Balaban J connectivity index is 1.56. The molecule has 2 saturated heterocycles. The molecule has 2 fully saturated rings. The van der Waals surface area contributed by atoms with Gasteiger partial charge in [-0.2, -0.15) is 0 Å². The molecule has 0 radical (unpaired) electrons. The van der Waals surface area contributed by atoms with E-state index in [1.165, 1.54) is 5.56 Å². The number of benzene rings is 1. The van der Waals surface area contributed by atoms with Crippen LogP contribution < -0.4 is 10.6 Å². The fourth-order valence-corrected chi connectivity index (χ4v) is 4.02. The van der Waals surface area contributed by atoms with Gasteiger partial charge in [0.25, 0.3) is 0 Å². The van der Waals surface area contributed by atoms with Gasteiger partial charge in [0.1, 0.15) is 0 Å².